The highest BCUT2D eigenvalue weighted by Crippen LogP contribution is 2.36. The number of carbonyl (C=O) groups excluding carboxylic acids is 2. The van der Waals surface area contributed by atoms with Crippen molar-refractivity contribution in [1.29, 1.82) is 0 Å². The summed E-state index contributed by atoms with van der Waals surface area (Å²) in [6, 6.07) is 3.25. The second-order valence-electron chi connectivity index (χ2n) is 3.52. The Morgan fingerprint density at radius 3 is 2.53 bits per heavy atom. The molecular formula is C11H9BrF3NO3. The van der Waals surface area contributed by atoms with Gasteiger partial charge in [-0.15, -0.1) is 0 Å². The van der Waals surface area contributed by atoms with E-state index in [4.69, 9.17) is 0 Å². The Morgan fingerprint density at radius 1 is 1.37 bits per heavy atom. The first-order valence-corrected chi connectivity index (χ1v) is 5.79. The van der Waals surface area contributed by atoms with Crippen molar-refractivity contribution in [3.05, 3.63) is 28.2 Å². The van der Waals surface area contributed by atoms with Crippen LogP contribution in [-0.2, 0) is 20.5 Å². The van der Waals surface area contributed by atoms with Gasteiger partial charge in [-0.2, -0.15) is 13.2 Å². The number of carbonyl (C=O) groups is 2. The third kappa shape index (κ3) is 4.90. The summed E-state index contributed by atoms with van der Waals surface area (Å²) >= 11 is 2.78. The van der Waals surface area contributed by atoms with Gasteiger partial charge in [0.05, 0.1) is 5.56 Å². The summed E-state index contributed by atoms with van der Waals surface area (Å²) in [6.07, 6.45) is -4.53. The van der Waals surface area contributed by atoms with E-state index in [1.54, 1.807) is 0 Å². The lowest BCUT2D eigenvalue weighted by Gasteiger charge is -2.11. The van der Waals surface area contributed by atoms with E-state index >= 15 is 0 Å². The Bertz CT molecular complexity index is 502. The molecule has 1 rings (SSSR count). The van der Waals surface area contributed by atoms with Gasteiger partial charge in [-0.25, -0.2) is 0 Å². The monoisotopic (exact) mass is 339 g/mol. The van der Waals surface area contributed by atoms with Gasteiger partial charge in [0.25, 0.3) is 5.91 Å². The molecule has 0 aliphatic heterocycles. The maximum absolute atomic E-state index is 12.6. The van der Waals surface area contributed by atoms with Gasteiger partial charge >= 0.3 is 12.1 Å². The molecular weight excluding hydrogens is 331 g/mol. The van der Waals surface area contributed by atoms with E-state index < -0.39 is 30.2 Å². The minimum Gasteiger partial charge on any atom is -0.456 e. The lowest BCUT2D eigenvalue weighted by atomic mass is 10.2. The summed E-state index contributed by atoms with van der Waals surface area (Å²) in [4.78, 5) is 21.8. The quantitative estimate of drug-likeness (QED) is 0.861. The van der Waals surface area contributed by atoms with Crippen molar-refractivity contribution in [3.8, 4) is 0 Å². The zero-order valence-corrected chi connectivity index (χ0v) is 11.3. The minimum atomic E-state index is -4.53. The first kappa shape index (κ1) is 15.5. The molecule has 0 spiro atoms. The molecule has 8 heteroatoms. The molecule has 0 atom stereocenters. The number of ether oxygens (including phenoxy) is 1. The van der Waals surface area contributed by atoms with Crippen LogP contribution in [0.1, 0.15) is 12.5 Å². The fraction of sp³-hybridized carbons (Fsp3) is 0.273. The molecule has 19 heavy (non-hydrogen) atoms. The molecule has 0 bridgehead atoms. The molecule has 1 aromatic carbocycles. The zero-order chi connectivity index (χ0) is 14.6. The molecule has 0 aliphatic carbocycles. The first-order valence-electron chi connectivity index (χ1n) is 5.00. The number of halogens is 4. The highest BCUT2D eigenvalue weighted by molar-refractivity contribution is 9.10. The third-order valence-electron chi connectivity index (χ3n) is 1.96. The highest BCUT2D eigenvalue weighted by Gasteiger charge is 2.33. The lowest BCUT2D eigenvalue weighted by Crippen LogP contribution is -2.20. The third-order valence-corrected chi connectivity index (χ3v) is 2.65. The molecule has 0 aromatic heterocycles. The number of hydrogen-bond donors (Lipinski definition) is 1. The molecule has 0 unspecified atom stereocenters. The Balaban J connectivity index is 2.80. The predicted molar refractivity (Wildman–Crippen MR) is 64.4 cm³/mol. The van der Waals surface area contributed by atoms with Crippen molar-refractivity contribution < 1.29 is 27.5 Å². The summed E-state index contributed by atoms with van der Waals surface area (Å²) in [5.41, 5.74) is -0.939. The summed E-state index contributed by atoms with van der Waals surface area (Å²) in [6.45, 7) is 0.571. The van der Waals surface area contributed by atoms with Crippen molar-refractivity contribution in [1.82, 2.24) is 0 Å². The first-order chi connectivity index (χ1) is 8.70. The van der Waals surface area contributed by atoms with E-state index in [0.717, 1.165) is 13.0 Å². The molecule has 0 saturated heterocycles. The maximum Gasteiger partial charge on any atom is 0.417 e. The minimum absolute atomic E-state index is 0.0346. The summed E-state index contributed by atoms with van der Waals surface area (Å²) in [5, 5.41) is 2.20. The Labute approximate surface area is 115 Å². The average Bonchev–Trinajstić information content (AvgIpc) is 2.27. The highest BCUT2D eigenvalue weighted by atomic mass is 79.9. The van der Waals surface area contributed by atoms with Crippen LogP contribution in [0.2, 0.25) is 0 Å². The van der Waals surface area contributed by atoms with E-state index in [9.17, 15) is 22.8 Å². The SMILES string of the molecule is CC(=O)OCC(=O)Nc1ccc(Br)c(C(F)(F)F)c1. The normalized spacial score (nSPS) is 11.0. The van der Waals surface area contributed by atoms with Crippen LogP contribution in [-0.4, -0.2) is 18.5 Å². The number of anilines is 1. The van der Waals surface area contributed by atoms with E-state index in [-0.39, 0.29) is 10.2 Å². The molecule has 0 radical (unpaired) electrons. The van der Waals surface area contributed by atoms with Crippen LogP contribution in [0, 0.1) is 0 Å². The van der Waals surface area contributed by atoms with E-state index in [0.29, 0.717) is 0 Å². The largest absolute Gasteiger partial charge is 0.456 e. The standard InChI is InChI=1S/C11H9BrF3NO3/c1-6(17)19-5-10(18)16-7-2-3-9(12)8(4-7)11(13,14)15/h2-4H,5H2,1H3,(H,16,18). The van der Waals surface area contributed by atoms with Gasteiger partial charge in [0, 0.05) is 17.1 Å². The molecule has 0 fully saturated rings. The molecule has 0 heterocycles. The van der Waals surface area contributed by atoms with Crippen molar-refractivity contribution in [3.63, 3.8) is 0 Å². The summed E-state index contributed by atoms with van der Waals surface area (Å²) in [5.74, 6) is -1.37. The smallest absolute Gasteiger partial charge is 0.417 e. The van der Waals surface area contributed by atoms with E-state index in [1.807, 2.05) is 0 Å². The fourth-order valence-corrected chi connectivity index (χ4v) is 1.66. The Hall–Kier alpha value is -1.57. The van der Waals surface area contributed by atoms with Crippen molar-refractivity contribution >= 4 is 33.5 Å². The average molecular weight is 340 g/mol. The van der Waals surface area contributed by atoms with Crippen LogP contribution in [0.5, 0.6) is 0 Å². The lowest BCUT2D eigenvalue weighted by molar-refractivity contribution is -0.144. The van der Waals surface area contributed by atoms with Crippen molar-refractivity contribution in [2.45, 2.75) is 13.1 Å². The predicted octanol–water partition coefficient (Wildman–Crippen LogP) is 2.97. The van der Waals surface area contributed by atoms with Crippen LogP contribution < -0.4 is 5.32 Å². The van der Waals surface area contributed by atoms with Gasteiger partial charge in [0.1, 0.15) is 0 Å². The molecule has 4 nitrogen and oxygen atoms in total. The Kier molecular flexibility index (Phi) is 4.93. The van der Waals surface area contributed by atoms with E-state index in [2.05, 4.69) is 26.0 Å². The van der Waals surface area contributed by atoms with Gasteiger partial charge in [0.15, 0.2) is 6.61 Å². The number of esters is 1. The molecule has 0 aliphatic rings. The fourth-order valence-electron chi connectivity index (χ4n) is 1.18. The number of amides is 1. The van der Waals surface area contributed by atoms with Crippen LogP contribution in [0.3, 0.4) is 0 Å². The van der Waals surface area contributed by atoms with E-state index in [1.165, 1.54) is 12.1 Å². The molecule has 1 amide bonds. The van der Waals surface area contributed by atoms with Gasteiger partial charge in [0.2, 0.25) is 0 Å². The van der Waals surface area contributed by atoms with Gasteiger partial charge < -0.3 is 10.1 Å². The van der Waals surface area contributed by atoms with Gasteiger partial charge in [-0.05, 0) is 18.2 Å². The second-order valence-corrected chi connectivity index (χ2v) is 4.38. The van der Waals surface area contributed by atoms with Gasteiger partial charge in [-0.1, -0.05) is 15.9 Å². The number of benzene rings is 1. The summed E-state index contributed by atoms with van der Waals surface area (Å²) in [7, 11) is 0. The van der Waals surface area contributed by atoms with Crippen LogP contribution >= 0.6 is 15.9 Å². The topological polar surface area (TPSA) is 55.4 Å². The number of rotatable bonds is 3. The van der Waals surface area contributed by atoms with Crippen LogP contribution in [0.25, 0.3) is 0 Å². The number of alkyl halides is 3. The molecule has 0 saturated carbocycles. The van der Waals surface area contributed by atoms with Crippen LogP contribution in [0.15, 0.2) is 22.7 Å². The maximum atomic E-state index is 12.6. The van der Waals surface area contributed by atoms with Crippen molar-refractivity contribution in [2.75, 3.05) is 11.9 Å². The number of nitrogens with one attached hydrogen (secondary N) is 1. The van der Waals surface area contributed by atoms with Gasteiger partial charge in [-0.3, -0.25) is 9.59 Å². The molecule has 1 aromatic rings. The summed E-state index contributed by atoms with van der Waals surface area (Å²) < 4.78 is 42.1. The second kappa shape index (κ2) is 6.05. The van der Waals surface area contributed by atoms with Crippen molar-refractivity contribution in [2.24, 2.45) is 0 Å². The zero-order valence-electron chi connectivity index (χ0n) is 9.68. The molecule has 1 N–H and O–H groups in total. The Morgan fingerprint density at radius 2 is 2.00 bits per heavy atom. The number of hydrogen-bond acceptors (Lipinski definition) is 3. The van der Waals surface area contributed by atoms with Crippen LogP contribution in [0.4, 0.5) is 18.9 Å². The molecule has 104 valence electrons.